The monoisotopic (exact) mass is 232 g/mol. The van der Waals surface area contributed by atoms with Gasteiger partial charge < -0.3 is 0 Å². The Morgan fingerprint density at radius 1 is 1.06 bits per heavy atom. The summed E-state index contributed by atoms with van der Waals surface area (Å²) in [5.41, 5.74) is 6.39. The van der Waals surface area contributed by atoms with Crippen molar-refractivity contribution in [3.05, 3.63) is 52.6 Å². The van der Waals surface area contributed by atoms with Gasteiger partial charge in [0.2, 0.25) is 0 Å². The number of hydrogen-bond donors (Lipinski definition) is 0. The molecule has 0 heteroatoms. The highest BCUT2D eigenvalue weighted by Crippen LogP contribution is 2.35. The van der Waals surface area contributed by atoms with Gasteiger partial charge in [0.05, 0.1) is 0 Å². The van der Waals surface area contributed by atoms with Gasteiger partial charge in [-0.15, -0.1) is 6.42 Å². The summed E-state index contributed by atoms with van der Waals surface area (Å²) in [5.74, 6) is 2.86. The number of rotatable bonds is 0. The third-order valence-electron chi connectivity index (χ3n) is 3.88. The highest BCUT2D eigenvalue weighted by Gasteiger charge is 2.16. The number of allylic oxidation sites excluding steroid dienone is 2. The Hall–Kier alpha value is -2.00. The second kappa shape index (κ2) is 4.03. The van der Waals surface area contributed by atoms with Crippen LogP contribution in [0.2, 0.25) is 0 Å². The molecular weight excluding hydrogens is 216 g/mol. The third-order valence-corrected chi connectivity index (χ3v) is 3.88. The van der Waals surface area contributed by atoms with Crippen molar-refractivity contribution in [1.29, 1.82) is 0 Å². The first-order valence-electron chi connectivity index (χ1n) is 6.41. The lowest BCUT2D eigenvalue weighted by Crippen LogP contribution is -2.01. The molecule has 1 aliphatic rings. The predicted octanol–water partition coefficient (Wildman–Crippen LogP) is 4.42. The molecule has 0 atom stereocenters. The lowest BCUT2D eigenvalue weighted by molar-refractivity contribution is 0.984. The lowest BCUT2D eigenvalue weighted by atomic mass is 9.84. The fourth-order valence-electron chi connectivity index (χ4n) is 2.93. The zero-order valence-corrected chi connectivity index (χ0v) is 10.9. The van der Waals surface area contributed by atoms with Gasteiger partial charge in [-0.05, 0) is 54.2 Å². The molecule has 1 aliphatic carbocycles. The van der Waals surface area contributed by atoms with Gasteiger partial charge in [-0.1, -0.05) is 36.3 Å². The molecule has 0 spiro atoms. The Bertz CT molecular complexity index is 709. The zero-order valence-electron chi connectivity index (χ0n) is 10.9. The molecule has 2 aromatic rings. The van der Waals surface area contributed by atoms with Crippen molar-refractivity contribution in [2.75, 3.05) is 0 Å². The number of hydrogen-bond acceptors (Lipinski definition) is 0. The van der Waals surface area contributed by atoms with E-state index in [1.807, 2.05) is 0 Å². The van der Waals surface area contributed by atoms with E-state index in [9.17, 15) is 0 Å². The SMILES string of the molecule is C#CC1=CCCc2ccc3c(C)ccc(C)c3c21. The average molecular weight is 232 g/mol. The lowest BCUT2D eigenvalue weighted by Gasteiger charge is -2.19. The fraction of sp³-hybridized carbons (Fsp3) is 0.222. The molecule has 0 amide bonds. The normalized spacial score (nSPS) is 13.9. The van der Waals surface area contributed by atoms with E-state index in [1.165, 1.54) is 33.0 Å². The van der Waals surface area contributed by atoms with Crippen molar-refractivity contribution in [1.82, 2.24) is 0 Å². The molecule has 0 saturated carbocycles. The second-order valence-electron chi connectivity index (χ2n) is 5.02. The minimum atomic E-state index is 1.06. The number of aryl methyl sites for hydroxylation is 3. The largest absolute Gasteiger partial charge is 0.115 e. The van der Waals surface area contributed by atoms with Gasteiger partial charge in [0.1, 0.15) is 0 Å². The maximum Gasteiger partial charge on any atom is 0.0284 e. The van der Waals surface area contributed by atoms with Crippen LogP contribution in [0.3, 0.4) is 0 Å². The van der Waals surface area contributed by atoms with Gasteiger partial charge in [-0.25, -0.2) is 0 Å². The molecule has 0 aromatic heterocycles. The van der Waals surface area contributed by atoms with Gasteiger partial charge in [0, 0.05) is 11.1 Å². The Balaban J connectivity index is 2.50. The summed E-state index contributed by atoms with van der Waals surface area (Å²) in [4.78, 5) is 0. The third kappa shape index (κ3) is 1.48. The summed E-state index contributed by atoms with van der Waals surface area (Å²) in [6.07, 6.45) is 10.0. The summed E-state index contributed by atoms with van der Waals surface area (Å²) >= 11 is 0. The number of fused-ring (bicyclic) bond motifs is 3. The average Bonchev–Trinajstić information content (AvgIpc) is 2.41. The molecule has 0 fully saturated rings. The molecule has 0 radical (unpaired) electrons. The maximum atomic E-state index is 5.68. The number of benzene rings is 2. The first kappa shape index (κ1) is 11.1. The van der Waals surface area contributed by atoms with Crippen LogP contribution in [0.25, 0.3) is 16.3 Å². The molecule has 0 N–H and O–H groups in total. The van der Waals surface area contributed by atoms with E-state index < -0.39 is 0 Å². The van der Waals surface area contributed by atoms with Crippen LogP contribution in [0.1, 0.15) is 28.7 Å². The smallest absolute Gasteiger partial charge is 0.0284 e. The van der Waals surface area contributed by atoms with Crippen molar-refractivity contribution in [3.63, 3.8) is 0 Å². The standard InChI is InChI=1S/C18H16/c1-4-14-6-5-7-15-10-11-16-12(2)8-9-13(3)17(16)18(14)15/h1,6,8-11H,5,7H2,2-3H3. The van der Waals surface area contributed by atoms with E-state index in [1.54, 1.807) is 0 Å². The molecule has 3 rings (SSSR count). The van der Waals surface area contributed by atoms with E-state index in [0.717, 1.165) is 18.4 Å². The maximum absolute atomic E-state index is 5.68. The van der Waals surface area contributed by atoms with Crippen LogP contribution >= 0.6 is 0 Å². The minimum absolute atomic E-state index is 1.06. The quantitative estimate of drug-likeness (QED) is 0.590. The highest BCUT2D eigenvalue weighted by atomic mass is 14.2. The van der Waals surface area contributed by atoms with Crippen molar-refractivity contribution in [2.24, 2.45) is 0 Å². The van der Waals surface area contributed by atoms with Gasteiger partial charge in [-0.3, -0.25) is 0 Å². The topological polar surface area (TPSA) is 0 Å². The van der Waals surface area contributed by atoms with E-state index >= 15 is 0 Å². The van der Waals surface area contributed by atoms with Crippen LogP contribution in [0.15, 0.2) is 30.3 Å². The summed E-state index contributed by atoms with van der Waals surface area (Å²) in [6, 6.07) is 8.87. The van der Waals surface area contributed by atoms with Gasteiger partial charge >= 0.3 is 0 Å². The van der Waals surface area contributed by atoms with E-state index in [2.05, 4.69) is 50.1 Å². The van der Waals surface area contributed by atoms with Crippen molar-refractivity contribution in [2.45, 2.75) is 26.7 Å². The van der Waals surface area contributed by atoms with Crippen LogP contribution < -0.4 is 0 Å². The summed E-state index contributed by atoms with van der Waals surface area (Å²) in [7, 11) is 0. The molecular formula is C18H16. The summed E-state index contributed by atoms with van der Waals surface area (Å²) in [5, 5.41) is 2.67. The van der Waals surface area contributed by atoms with E-state index in [0.29, 0.717) is 0 Å². The van der Waals surface area contributed by atoms with Gasteiger partial charge in [-0.2, -0.15) is 0 Å². The van der Waals surface area contributed by atoms with Crippen LogP contribution in [0, 0.1) is 26.2 Å². The van der Waals surface area contributed by atoms with Crippen LogP contribution in [-0.4, -0.2) is 0 Å². The number of terminal acetylenes is 1. The Morgan fingerprint density at radius 2 is 1.83 bits per heavy atom. The van der Waals surface area contributed by atoms with Crippen molar-refractivity contribution in [3.8, 4) is 12.3 Å². The Kier molecular flexibility index (Phi) is 2.49. The van der Waals surface area contributed by atoms with Crippen LogP contribution in [0.5, 0.6) is 0 Å². The molecule has 88 valence electrons. The van der Waals surface area contributed by atoms with E-state index in [-0.39, 0.29) is 0 Å². The van der Waals surface area contributed by atoms with E-state index in [4.69, 9.17) is 6.42 Å². The molecule has 0 unspecified atom stereocenters. The van der Waals surface area contributed by atoms with Crippen molar-refractivity contribution >= 4 is 16.3 Å². The molecule has 18 heavy (non-hydrogen) atoms. The summed E-state index contributed by atoms with van der Waals surface area (Å²) in [6.45, 7) is 4.33. The zero-order chi connectivity index (χ0) is 12.7. The minimum Gasteiger partial charge on any atom is -0.115 e. The Labute approximate surface area is 108 Å². The van der Waals surface area contributed by atoms with Gasteiger partial charge in [0.15, 0.2) is 0 Å². The molecule has 0 heterocycles. The van der Waals surface area contributed by atoms with Crippen LogP contribution in [0.4, 0.5) is 0 Å². The molecule has 0 saturated heterocycles. The molecule has 0 nitrogen and oxygen atoms in total. The first-order valence-corrected chi connectivity index (χ1v) is 6.41. The predicted molar refractivity (Wildman–Crippen MR) is 78.6 cm³/mol. The fourth-order valence-corrected chi connectivity index (χ4v) is 2.93. The second-order valence-corrected chi connectivity index (χ2v) is 5.02. The highest BCUT2D eigenvalue weighted by molar-refractivity contribution is 6.02. The molecule has 2 aromatic carbocycles. The first-order chi connectivity index (χ1) is 8.72. The van der Waals surface area contributed by atoms with Crippen LogP contribution in [-0.2, 0) is 6.42 Å². The molecule has 0 aliphatic heterocycles. The molecule has 0 bridgehead atoms. The Morgan fingerprint density at radius 3 is 2.61 bits per heavy atom. The summed E-state index contributed by atoms with van der Waals surface area (Å²) < 4.78 is 0. The van der Waals surface area contributed by atoms with Crippen molar-refractivity contribution < 1.29 is 0 Å². The van der Waals surface area contributed by atoms with Gasteiger partial charge in [0.25, 0.3) is 0 Å².